The number of amides is 2. The third-order valence-corrected chi connectivity index (χ3v) is 11.1. The normalized spacial score (nSPS) is 15.6. The number of aromatic amines is 2. The van der Waals surface area contributed by atoms with Gasteiger partial charge in [-0.05, 0) is 110 Å². The summed E-state index contributed by atoms with van der Waals surface area (Å²) in [5.74, 6) is 0.0317. The van der Waals surface area contributed by atoms with Crippen molar-refractivity contribution >= 4 is 70.3 Å². The minimum Gasteiger partial charge on any atom is -0.354 e. The molecule has 8 bridgehead atoms. The van der Waals surface area contributed by atoms with Crippen LogP contribution in [-0.4, -0.2) is 67.7 Å². The molecule has 278 valence electrons. The Balaban J connectivity index is 1.32. The highest BCUT2D eigenvalue weighted by Gasteiger charge is 2.19. The molecule has 5 aromatic rings. The summed E-state index contributed by atoms with van der Waals surface area (Å²) in [5.41, 5.74) is 12.1. The number of nitrogens with one attached hydrogen (secondary N) is 2. The number of piperidine rings is 2. The Morgan fingerprint density at radius 2 is 0.839 bits per heavy atom. The average molecular weight is 737 g/mol. The second kappa shape index (κ2) is 15.7. The van der Waals surface area contributed by atoms with Crippen LogP contribution in [0.25, 0.3) is 80.8 Å². The third kappa shape index (κ3) is 7.18. The van der Waals surface area contributed by atoms with Gasteiger partial charge in [-0.1, -0.05) is 60.7 Å². The van der Waals surface area contributed by atoms with Gasteiger partial charge in [0.2, 0.25) is 11.8 Å². The SMILES string of the molecule is O=C(/C=C/c1c2nc(c(-c3ccccc3)c3ccc([nH]3)c(/C=C/C(=O)N3CCCCC3)c3nc(c(-c4ccccc4)c4ccc1[nH]4)C=C3)C=C2)N1CCCCC1. The van der Waals surface area contributed by atoms with E-state index in [0.29, 0.717) is 0 Å². The van der Waals surface area contributed by atoms with Crippen LogP contribution in [0.2, 0.25) is 0 Å². The lowest BCUT2D eigenvalue weighted by molar-refractivity contribution is -0.127. The van der Waals surface area contributed by atoms with Gasteiger partial charge in [0.25, 0.3) is 0 Å². The summed E-state index contributed by atoms with van der Waals surface area (Å²) in [7, 11) is 0. The van der Waals surface area contributed by atoms with E-state index in [2.05, 4.69) is 58.5 Å². The van der Waals surface area contributed by atoms with Crippen LogP contribution in [0.3, 0.4) is 0 Å². The minimum absolute atomic E-state index is 0.0159. The molecule has 0 radical (unpaired) electrons. The van der Waals surface area contributed by atoms with Gasteiger partial charge in [0.15, 0.2) is 0 Å². The fourth-order valence-electron chi connectivity index (χ4n) is 8.17. The molecule has 0 spiro atoms. The van der Waals surface area contributed by atoms with Crippen LogP contribution in [0.15, 0.2) is 97.1 Å². The van der Waals surface area contributed by atoms with Crippen molar-refractivity contribution < 1.29 is 9.59 Å². The Kier molecular flexibility index (Phi) is 9.84. The first-order chi connectivity index (χ1) is 27.6. The molecule has 4 aliphatic heterocycles. The Hall–Kier alpha value is -6.54. The highest BCUT2D eigenvalue weighted by molar-refractivity contribution is 5.99. The van der Waals surface area contributed by atoms with Crippen LogP contribution < -0.4 is 0 Å². The van der Waals surface area contributed by atoms with Crippen LogP contribution in [0.1, 0.15) is 72.4 Å². The zero-order valence-electron chi connectivity index (χ0n) is 31.4. The number of hydrogen-bond donors (Lipinski definition) is 2. The van der Waals surface area contributed by atoms with E-state index in [4.69, 9.17) is 9.97 Å². The van der Waals surface area contributed by atoms with Gasteiger partial charge in [0.1, 0.15) is 0 Å². The lowest BCUT2D eigenvalue weighted by Crippen LogP contribution is -2.34. The van der Waals surface area contributed by atoms with Gasteiger partial charge in [0, 0.05) is 82.7 Å². The first kappa shape index (κ1) is 35.2. The lowest BCUT2D eigenvalue weighted by Gasteiger charge is -2.25. The number of H-pyrrole nitrogens is 2. The molecule has 9 rings (SSSR count). The fraction of sp³-hybridized carbons (Fsp3) is 0.208. The number of likely N-dealkylation sites (tertiary alicyclic amines) is 2. The van der Waals surface area contributed by atoms with Crippen molar-refractivity contribution in [3.63, 3.8) is 0 Å². The van der Waals surface area contributed by atoms with E-state index in [9.17, 15) is 9.59 Å². The van der Waals surface area contributed by atoms with Crippen molar-refractivity contribution in [2.75, 3.05) is 26.2 Å². The van der Waals surface area contributed by atoms with E-state index in [1.807, 2.05) is 82.7 Å². The molecule has 2 amide bonds. The van der Waals surface area contributed by atoms with E-state index in [-0.39, 0.29) is 11.8 Å². The summed E-state index contributed by atoms with van der Waals surface area (Å²) in [6.07, 6.45) is 21.8. The van der Waals surface area contributed by atoms with Gasteiger partial charge >= 0.3 is 0 Å². The largest absolute Gasteiger partial charge is 0.354 e. The molecule has 4 aliphatic rings. The maximum Gasteiger partial charge on any atom is 0.246 e. The molecule has 0 saturated carbocycles. The number of aromatic nitrogens is 4. The van der Waals surface area contributed by atoms with Gasteiger partial charge in [-0.15, -0.1) is 0 Å². The van der Waals surface area contributed by atoms with Crippen LogP contribution in [0, 0.1) is 0 Å². The van der Waals surface area contributed by atoms with E-state index in [1.54, 1.807) is 12.2 Å². The van der Waals surface area contributed by atoms with Gasteiger partial charge < -0.3 is 19.8 Å². The second-order valence-corrected chi connectivity index (χ2v) is 14.8. The number of benzene rings is 2. The first-order valence-electron chi connectivity index (χ1n) is 19.8. The average Bonchev–Trinajstić information content (AvgIpc) is 4.10. The topological polar surface area (TPSA) is 98.0 Å². The van der Waals surface area contributed by atoms with E-state index in [1.165, 1.54) is 0 Å². The highest BCUT2D eigenvalue weighted by Crippen LogP contribution is 2.35. The van der Waals surface area contributed by atoms with Crippen molar-refractivity contribution in [3.05, 3.63) is 131 Å². The number of carbonyl (C=O) groups is 2. The number of carbonyl (C=O) groups excluding carboxylic acids is 2. The molecule has 0 atom stereocenters. The molecule has 8 heteroatoms. The Bertz CT molecular complexity index is 2400. The molecule has 2 N–H and O–H groups in total. The van der Waals surface area contributed by atoms with E-state index >= 15 is 0 Å². The van der Waals surface area contributed by atoms with E-state index < -0.39 is 0 Å². The third-order valence-electron chi connectivity index (χ3n) is 11.1. The highest BCUT2D eigenvalue weighted by atomic mass is 16.2. The Labute approximate surface area is 326 Å². The van der Waals surface area contributed by atoms with Crippen molar-refractivity contribution in [1.82, 2.24) is 29.7 Å². The monoisotopic (exact) mass is 736 g/mol. The van der Waals surface area contributed by atoms with Crippen LogP contribution in [-0.2, 0) is 9.59 Å². The summed E-state index contributed by atoms with van der Waals surface area (Å²) in [5, 5.41) is 0. The molecule has 56 heavy (non-hydrogen) atoms. The van der Waals surface area contributed by atoms with Gasteiger partial charge in [-0.2, -0.15) is 0 Å². The number of fused-ring (bicyclic) bond motifs is 8. The molecule has 2 aromatic carbocycles. The minimum atomic E-state index is 0.0159. The quantitative estimate of drug-likeness (QED) is 0.166. The number of rotatable bonds is 6. The van der Waals surface area contributed by atoms with Crippen molar-refractivity contribution in [1.29, 1.82) is 0 Å². The molecule has 8 nitrogen and oxygen atoms in total. The molecular formula is C48H44N6O2. The van der Waals surface area contributed by atoms with Gasteiger partial charge in [-0.25, -0.2) is 9.97 Å². The Morgan fingerprint density at radius 1 is 0.464 bits per heavy atom. The Morgan fingerprint density at radius 3 is 1.25 bits per heavy atom. The van der Waals surface area contributed by atoms with E-state index in [0.717, 1.165) is 143 Å². The standard InChI is InChI=1S/C48H44N6O2/c55-45(53-29-9-3-10-30-53)27-17-35-37-19-23-41(49-37)47(33-13-5-1-6-14-33)42-24-20-38(50-42)36(18-28-46(56)54-31-11-4-12-32-54)40-22-26-44(52-40)48(34-15-7-2-8-16-34)43-25-21-39(35)51-43/h1-2,5-8,13-28,49,52H,3-4,9-12,29-32H2/b27-17+,28-18+,37-35?,38-36?,39-35?,40-36?,47-41?,47-42?,48-43?,48-44?. The van der Waals surface area contributed by atoms with Crippen LogP contribution in [0.4, 0.5) is 0 Å². The van der Waals surface area contributed by atoms with Crippen molar-refractivity contribution in [2.45, 2.75) is 38.5 Å². The molecule has 7 heterocycles. The smallest absolute Gasteiger partial charge is 0.246 e. The summed E-state index contributed by atoms with van der Waals surface area (Å²) in [4.78, 5) is 48.7. The number of hydrogen-bond acceptors (Lipinski definition) is 4. The second-order valence-electron chi connectivity index (χ2n) is 14.8. The summed E-state index contributed by atoms with van der Waals surface area (Å²) in [6, 6.07) is 28.8. The molecular weight excluding hydrogens is 693 g/mol. The zero-order valence-corrected chi connectivity index (χ0v) is 31.4. The first-order valence-corrected chi connectivity index (χ1v) is 19.8. The zero-order chi connectivity index (χ0) is 37.8. The molecule has 3 aromatic heterocycles. The fourth-order valence-corrected chi connectivity index (χ4v) is 8.17. The summed E-state index contributed by atoms with van der Waals surface area (Å²) < 4.78 is 0. The maximum atomic E-state index is 13.4. The number of nitrogens with zero attached hydrogens (tertiary/aromatic N) is 4. The van der Waals surface area contributed by atoms with Crippen molar-refractivity contribution in [3.8, 4) is 22.3 Å². The maximum absolute atomic E-state index is 13.4. The van der Waals surface area contributed by atoms with Gasteiger partial charge in [0.05, 0.1) is 22.8 Å². The summed E-state index contributed by atoms with van der Waals surface area (Å²) >= 11 is 0. The molecule has 2 saturated heterocycles. The van der Waals surface area contributed by atoms with Crippen molar-refractivity contribution in [2.24, 2.45) is 0 Å². The molecule has 0 unspecified atom stereocenters. The molecule has 0 aliphatic carbocycles. The van der Waals surface area contributed by atoms with Gasteiger partial charge in [-0.3, -0.25) is 9.59 Å². The molecule has 2 fully saturated rings. The van der Waals surface area contributed by atoms with Crippen LogP contribution >= 0.6 is 0 Å². The predicted octanol–water partition coefficient (Wildman–Crippen LogP) is 10.0. The lowest BCUT2D eigenvalue weighted by atomic mass is 10.0. The summed E-state index contributed by atoms with van der Waals surface area (Å²) in [6.45, 7) is 3.13. The predicted molar refractivity (Wildman–Crippen MR) is 229 cm³/mol. The van der Waals surface area contributed by atoms with Crippen LogP contribution in [0.5, 0.6) is 0 Å².